The van der Waals surface area contributed by atoms with Gasteiger partial charge in [-0.3, -0.25) is 14.4 Å². The van der Waals surface area contributed by atoms with Gasteiger partial charge < -0.3 is 15.2 Å². The van der Waals surface area contributed by atoms with E-state index in [0.717, 1.165) is 44.9 Å². The Morgan fingerprint density at radius 3 is 2.32 bits per heavy atom. The van der Waals surface area contributed by atoms with E-state index in [1.165, 1.54) is 19.4 Å². The third-order valence-electron chi connectivity index (χ3n) is 8.86. The summed E-state index contributed by atoms with van der Waals surface area (Å²) in [6.45, 7) is 11.8. The van der Waals surface area contributed by atoms with Gasteiger partial charge in [-0.1, -0.05) is 26.0 Å². The van der Waals surface area contributed by atoms with Crippen LogP contribution >= 0.6 is 0 Å². The van der Waals surface area contributed by atoms with Crippen LogP contribution in [0.2, 0.25) is 0 Å². The molecule has 0 saturated heterocycles. The fourth-order valence-corrected chi connectivity index (χ4v) is 7.02. The summed E-state index contributed by atoms with van der Waals surface area (Å²) in [5.41, 5.74) is 6.67. The predicted octanol–water partition coefficient (Wildman–Crippen LogP) is 4.30. The summed E-state index contributed by atoms with van der Waals surface area (Å²) in [5, 5.41) is 0. The number of carbonyl (C=O) groups is 3. The molecule has 0 aromatic heterocycles. The maximum absolute atomic E-state index is 12.1. The monoisotopic (exact) mass is 433 g/mol. The zero-order chi connectivity index (χ0) is 23.0. The lowest BCUT2D eigenvalue weighted by atomic mass is 9.51. The van der Waals surface area contributed by atoms with Crippen molar-refractivity contribution >= 4 is 17.8 Å². The van der Waals surface area contributed by atoms with E-state index in [1.807, 2.05) is 0 Å². The molecular weight excluding hydrogens is 394 g/mol. The maximum atomic E-state index is 12.1. The first-order valence-electron chi connectivity index (χ1n) is 11.8. The number of allylic oxidation sites excluding steroid dienone is 1. The van der Waals surface area contributed by atoms with E-state index < -0.39 is 0 Å². The van der Waals surface area contributed by atoms with Crippen molar-refractivity contribution in [2.75, 3.05) is 0 Å². The normalized spacial score (nSPS) is 40.1. The van der Waals surface area contributed by atoms with Crippen molar-refractivity contribution in [3.8, 4) is 0 Å². The summed E-state index contributed by atoms with van der Waals surface area (Å²) in [6, 6.07) is 0. The van der Waals surface area contributed by atoms with Crippen molar-refractivity contribution in [1.82, 2.24) is 0 Å². The van der Waals surface area contributed by atoms with Crippen LogP contribution in [-0.2, 0) is 23.9 Å². The average Bonchev–Trinajstić information content (AvgIpc) is 2.97. The zero-order valence-electron chi connectivity index (χ0n) is 19.6. The highest BCUT2D eigenvalue weighted by molar-refractivity contribution is 5.73. The number of carbonyl (C=O) groups excluding carboxylic acids is 3. The Hall–Kier alpha value is -1.85. The number of rotatable bonds is 6. The van der Waals surface area contributed by atoms with Gasteiger partial charge in [0.15, 0.2) is 0 Å². The molecule has 0 bridgehead atoms. The summed E-state index contributed by atoms with van der Waals surface area (Å²) >= 11 is 0. The van der Waals surface area contributed by atoms with Gasteiger partial charge in [-0.25, -0.2) is 0 Å². The van der Waals surface area contributed by atoms with Crippen molar-refractivity contribution in [1.29, 1.82) is 0 Å². The number of amides is 1. The Morgan fingerprint density at radius 1 is 1.03 bits per heavy atom. The van der Waals surface area contributed by atoms with E-state index in [9.17, 15) is 14.4 Å². The molecule has 2 N–H and O–H groups in total. The van der Waals surface area contributed by atoms with E-state index in [0.29, 0.717) is 12.8 Å². The van der Waals surface area contributed by atoms with E-state index in [1.54, 1.807) is 0 Å². The van der Waals surface area contributed by atoms with Crippen LogP contribution in [0.25, 0.3) is 0 Å². The lowest BCUT2D eigenvalue weighted by Crippen LogP contribution is -2.54. The van der Waals surface area contributed by atoms with E-state index in [2.05, 4.69) is 20.4 Å². The topological polar surface area (TPSA) is 95.7 Å². The molecule has 0 spiro atoms. The minimum Gasteiger partial charge on any atom is -0.463 e. The molecule has 3 aliphatic carbocycles. The molecule has 7 atom stereocenters. The van der Waals surface area contributed by atoms with Crippen LogP contribution in [0, 0.1) is 28.6 Å². The highest BCUT2D eigenvalue weighted by Gasteiger charge is 2.58. The molecule has 6 heteroatoms. The third-order valence-corrected chi connectivity index (χ3v) is 8.86. The molecule has 31 heavy (non-hydrogen) atoms. The number of hydrogen-bond donors (Lipinski definition) is 1. The SMILES string of the molecule is C=C1CCC2C(OC(C)=O)C(C3(C)CCC(OC(C)=O)CC3CCC(N)=O)CCC12C. The van der Waals surface area contributed by atoms with Gasteiger partial charge >= 0.3 is 11.9 Å². The maximum Gasteiger partial charge on any atom is 0.302 e. The molecule has 0 aromatic carbocycles. The fraction of sp³-hybridized carbons (Fsp3) is 0.800. The lowest BCUT2D eigenvalue weighted by molar-refractivity contribution is -0.176. The number of fused-ring (bicyclic) bond motifs is 1. The van der Waals surface area contributed by atoms with Gasteiger partial charge in [0.25, 0.3) is 0 Å². The van der Waals surface area contributed by atoms with Crippen LogP contribution in [0.1, 0.15) is 85.5 Å². The van der Waals surface area contributed by atoms with Gasteiger partial charge in [0.2, 0.25) is 5.91 Å². The van der Waals surface area contributed by atoms with E-state index in [4.69, 9.17) is 15.2 Å². The first-order valence-corrected chi connectivity index (χ1v) is 11.8. The number of ether oxygens (including phenoxy) is 2. The van der Waals surface area contributed by atoms with Crippen LogP contribution < -0.4 is 5.73 Å². The fourth-order valence-electron chi connectivity index (χ4n) is 7.02. The van der Waals surface area contributed by atoms with Crippen LogP contribution in [0.3, 0.4) is 0 Å². The van der Waals surface area contributed by atoms with Gasteiger partial charge in [-0.2, -0.15) is 0 Å². The van der Waals surface area contributed by atoms with Crippen molar-refractivity contribution in [3.05, 3.63) is 12.2 Å². The van der Waals surface area contributed by atoms with Gasteiger partial charge in [0.1, 0.15) is 12.2 Å². The molecule has 3 saturated carbocycles. The molecule has 3 rings (SSSR count). The van der Waals surface area contributed by atoms with Crippen LogP contribution in [0.5, 0.6) is 0 Å². The average molecular weight is 434 g/mol. The highest BCUT2D eigenvalue weighted by Crippen LogP contribution is 2.62. The molecular formula is C25H39NO5. The van der Waals surface area contributed by atoms with Crippen molar-refractivity contribution < 1.29 is 23.9 Å². The van der Waals surface area contributed by atoms with Crippen LogP contribution in [-0.4, -0.2) is 30.1 Å². The summed E-state index contributed by atoms with van der Waals surface area (Å²) in [6.07, 6.45) is 7.10. The van der Waals surface area contributed by atoms with Crippen molar-refractivity contribution in [2.45, 2.75) is 97.7 Å². The Morgan fingerprint density at radius 2 is 1.71 bits per heavy atom. The number of esters is 2. The molecule has 174 valence electrons. The molecule has 1 amide bonds. The number of nitrogens with two attached hydrogens (primary N) is 1. The molecule has 3 fully saturated rings. The summed E-state index contributed by atoms with van der Waals surface area (Å²) < 4.78 is 11.6. The third kappa shape index (κ3) is 4.68. The first kappa shape index (κ1) is 23.8. The molecule has 0 aliphatic heterocycles. The van der Waals surface area contributed by atoms with Gasteiger partial charge in [0.05, 0.1) is 0 Å². The first-order chi connectivity index (χ1) is 14.5. The largest absolute Gasteiger partial charge is 0.463 e. The van der Waals surface area contributed by atoms with E-state index >= 15 is 0 Å². The molecule has 0 aromatic rings. The van der Waals surface area contributed by atoms with Crippen LogP contribution in [0.4, 0.5) is 0 Å². The highest BCUT2D eigenvalue weighted by atomic mass is 16.5. The lowest BCUT2D eigenvalue weighted by Gasteiger charge is -2.56. The minimum atomic E-state index is -0.309. The van der Waals surface area contributed by atoms with Crippen LogP contribution in [0.15, 0.2) is 12.2 Å². The minimum absolute atomic E-state index is 0.0185. The summed E-state index contributed by atoms with van der Waals surface area (Å²) in [7, 11) is 0. The second-order valence-electron chi connectivity index (χ2n) is 10.6. The molecule has 6 nitrogen and oxygen atoms in total. The standard InChI is InChI=1S/C25H39NO5/c1-15-6-8-20-23(31-17(3)28)21(11-13-24(15,20)4)25(5)12-10-19(30-16(2)27)14-18(25)7-9-22(26)29/h18-21,23H,1,6-14H2,2-5H3,(H2,26,29). The summed E-state index contributed by atoms with van der Waals surface area (Å²) in [4.78, 5) is 35.3. The predicted molar refractivity (Wildman–Crippen MR) is 118 cm³/mol. The van der Waals surface area contributed by atoms with Gasteiger partial charge in [-0.05, 0) is 68.1 Å². The van der Waals surface area contributed by atoms with Crippen molar-refractivity contribution in [3.63, 3.8) is 0 Å². The number of hydrogen-bond acceptors (Lipinski definition) is 5. The van der Waals surface area contributed by atoms with Crippen molar-refractivity contribution in [2.24, 2.45) is 34.3 Å². The van der Waals surface area contributed by atoms with Gasteiger partial charge in [0, 0.05) is 32.1 Å². The second-order valence-corrected chi connectivity index (χ2v) is 10.6. The Balaban J connectivity index is 1.91. The molecule has 3 aliphatic rings. The molecule has 7 unspecified atom stereocenters. The Kier molecular flexibility index (Phi) is 6.87. The number of primary amides is 1. The molecule has 0 radical (unpaired) electrons. The van der Waals surface area contributed by atoms with E-state index in [-0.39, 0.29) is 58.6 Å². The smallest absolute Gasteiger partial charge is 0.302 e. The summed E-state index contributed by atoms with van der Waals surface area (Å²) in [5.74, 6) is -0.147. The second kappa shape index (κ2) is 8.95. The zero-order valence-corrected chi connectivity index (χ0v) is 19.6. The molecule has 0 heterocycles. The Labute approximate surface area is 186 Å². The van der Waals surface area contributed by atoms with Gasteiger partial charge in [-0.15, -0.1) is 0 Å². The Bertz CT molecular complexity index is 748. The quantitative estimate of drug-likeness (QED) is 0.497.